The number of nitrogens with zero attached hydrogens (tertiary/aromatic N) is 1. The molecule has 128 valence electrons. The molecule has 0 amide bonds. The largest absolute Gasteiger partial charge is 0.573 e. The number of hydrogen-bond acceptors (Lipinski definition) is 4. The predicted octanol–water partition coefficient (Wildman–Crippen LogP) is 2.35. The van der Waals surface area contributed by atoms with Crippen molar-refractivity contribution < 1.29 is 41.1 Å². The van der Waals surface area contributed by atoms with E-state index in [-0.39, 0.29) is 5.56 Å². The lowest BCUT2D eigenvalue weighted by Gasteiger charge is -2.17. The number of hydrogen-bond donors (Lipinski definition) is 2. The topological polar surface area (TPSA) is 62.6 Å². The molecule has 0 spiro atoms. The van der Waals surface area contributed by atoms with Crippen LogP contribution in [0.15, 0.2) is 36.5 Å². The van der Waals surface area contributed by atoms with Crippen molar-refractivity contribution in [1.82, 2.24) is 4.98 Å². The van der Waals surface area contributed by atoms with Crippen LogP contribution < -0.4 is 10.2 Å². The Morgan fingerprint density at radius 3 is 2.21 bits per heavy atom. The number of ether oxygens (including phenoxy) is 1. The molecular formula is C13H8BF6NO3. The highest BCUT2D eigenvalue weighted by molar-refractivity contribution is 6.59. The van der Waals surface area contributed by atoms with Crippen LogP contribution in [0.5, 0.6) is 5.75 Å². The molecule has 0 atom stereocenters. The Hall–Kier alpha value is -2.27. The molecule has 0 bridgehead atoms. The van der Waals surface area contributed by atoms with E-state index in [1.807, 2.05) is 0 Å². The van der Waals surface area contributed by atoms with Gasteiger partial charge in [-0.3, -0.25) is 4.98 Å². The molecule has 0 aliphatic rings. The van der Waals surface area contributed by atoms with Crippen LogP contribution in [0.3, 0.4) is 0 Å². The van der Waals surface area contributed by atoms with Gasteiger partial charge in [-0.1, -0.05) is 12.1 Å². The third-order valence-electron chi connectivity index (χ3n) is 2.89. The standard InChI is InChI=1S/C13H8BF6NO3/c15-12(16,17)10-9(14(22)23)4-5-21-11(10)7-2-1-3-8(6-7)24-13(18,19)20/h1-6,22-23H. The summed E-state index contributed by atoms with van der Waals surface area (Å²) < 4.78 is 80.1. The molecule has 0 fully saturated rings. The van der Waals surface area contributed by atoms with E-state index >= 15 is 0 Å². The van der Waals surface area contributed by atoms with Crippen LogP contribution in [0.4, 0.5) is 26.3 Å². The van der Waals surface area contributed by atoms with Crippen LogP contribution in [-0.2, 0) is 6.18 Å². The predicted molar refractivity (Wildman–Crippen MR) is 71.2 cm³/mol. The van der Waals surface area contributed by atoms with E-state index in [0.717, 1.165) is 36.5 Å². The van der Waals surface area contributed by atoms with E-state index in [0.29, 0.717) is 0 Å². The quantitative estimate of drug-likeness (QED) is 0.658. The van der Waals surface area contributed by atoms with Gasteiger partial charge < -0.3 is 14.8 Å². The molecule has 11 heteroatoms. The maximum Gasteiger partial charge on any atom is 0.573 e. The summed E-state index contributed by atoms with van der Waals surface area (Å²) in [6.07, 6.45) is -9.14. The molecule has 0 aliphatic carbocycles. The minimum Gasteiger partial charge on any atom is -0.423 e. The Kier molecular flexibility index (Phi) is 4.76. The number of rotatable bonds is 3. The van der Waals surface area contributed by atoms with Gasteiger partial charge in [0, 0.05) is 11.8 Å². The fraction of sp³-hybridized carbons (Fsp3) is 0.154. The molecule has 4 nitrogen and oxygen atoms in total. The second kappa shape index (κ2) is 6.32. The van der Waals surface area contributed by atoms with E-state index in [1.165, 1.54) is 0 Å². The van der Waals surface area contributed by atoms with E-state index in [2.05, 4.69) is 9.72 Å². The van der Waals surface area contributed by atoms with Crippen LogP contribution in [0, 0.1) is 0 Å². The van der Waals surface area contributed by atoms with Crippen molar-refractivity contribution in [2.45, 2.75) is 12.5 Å². The van der Waals surface area contributed by atoms with Gasteiger partial charge in [-0.25, -0.2) is 0 Å². The van der Waals surface area contributed by atoms with Crippen LogP contribution >= 0.6 is 0 Å². The lowest BCUT2D eigenvalue weighted by atomic mass is 9.76. The zero-order valence-corrected chi connectivity index (χ0v) is 11.6. The summed E-state index contributed by atoms with van der Waals surface area (Å²) in [7, 11) is -2.43. The van der Waals surface area contributed by atoms with Gasteiger partial charge in [-0.05, 0) is 23.7 Å². The molecule has 1 aromatic heterocycles. The monoisotopic (exact) mass is 351 g/mol. The third kappa shape index (κ3) is 4.17. The minimum absolute atomic E-state index is 0.327. The Bertz CT molecular complexity index is 732. The van der Waals surface area contributed by atoms with Crippen LogP contribution in [0.1, 0.15) is 5.56 Å². The van der Waals surface area contributed by atoms with Crippen molar-refractivity contribution in [1.29, 1.82) is 0 Å². The number of pyridine rings is 1. The summed E-state index contributed by atoms with van der Waals surface area (Å²) in [5.74, 6) is -0.732. The van der Waals surface area contributed by atoms with Gasteiger partial charge in [0.25, 0.3) is 0 Å². The molecule has 0 saturated carbocycles. The van der Waals surface area contributed by atoms with Crippen molar-refractivity contribution in [2.24, 2.45) is 0 Å². The zero-order valence-electron chi connectivity index (χ0n) is 11.6. The molecule has 2 N–H and O–H groups in total. The first-order valence-corrected chi connectivity index (χ1v) is 6.27. The Morgan fingerprint density at radius 2 is 1.67 bits per heavy atom. The molecule has 0 aliphatic heterocycles. The van der Waals surface area contributed by atoms with Crippen LogP contribution in [0.25, 0.3) is 11.3 Å². The van der Waals surface area contributed by atoms with Crippen molar-refractivity contribution in [3.63, 3.8) is 0 Å². The molecule has 0 radical (unpaired) electrons. The molecule has 0 saturated heterocycles. The van der Waals surface area contributed by atoms with E-state index in [4.69, 9.17) is 10.0 Å². The summed E-state index contributed by atoms with van der Waals surface area (Å²) in [5.41, 5.74) is -3.40. The number of benzene rings is 1. The van der Waals surface area contributed by atoms with E-state index < -0.39 is 42.1 Å². The highest BCUT2D eigenvalue weighted by Gasteiger charge is 2.40. The van der Waals surface area contributed by atoms with E-state index in [1.54, 1.807) is 0 Å². The number of alkyl halides is 6. The maximum atomic E-state index is 13.3. The van der Waals surface area contributed by atoms with Gasteiger partial charge in [-0.15, -0.1) is 13.2 Å². The first-order chi connectivity index (χ1) is 11.0. The Labute approximate surface area is 131 Å². The second-order valence-electron chi connectivity index (χ2n) is 4.57. The van der Waals surface area contributed by atoms with Gasteiger partial charge in [-0.2, -0.15) is 13.2 Å². The molecule has 1 aromatic carbocycles. The van der Waals surface area contributed by atoms with Gasteiger partial charge in [0.15, 0.2) is 0 Å². The Balaban J connectivity index is 2.61. The molecule has 2 aromatic rings. The van der Waals surface area contributed by atoms with Gasteiger partial charge in [0.1, 0.15) is 5.75 Å². The van der Waals surface area contributed by atoms with Crippen LogP contribution in [-0.4, -0.2) is 28.5 Å². The van der Waals surface area contributed by atoms with Gasteiger partial charge in [0.05, 0.1) is 11.3 Å². The average Bonchev–Trinajstić information content (AvgIpc) is 2.44. The van der Waals surface area contributed by atoms with Crippen molar-refractivity contribution in [3.8, 4) is 17.0 Å². The fourth-order valence-electron chi connectivity index (χ4n) is 2.05. The maximum absolute atomic E-state index is 13.3. The fourth-order valence-corrected chi connectivity index (χ4v) is 2.05. The molecule has 1 heterocycles. The first kappa shape index (κ1) is 18.1. The van der Waals surface area contributed by atoms with Crippen molar-refractivity contribution >= 4 is 12.6 Å². The summed E-state index contributed by atoms with van der Waals surface area (Å²) in [4.78, 5) is 3.52. The first-order valence-electron chi connectivity index (χ1n) is 6.27. The summed E-state index contributed by atoms with van der Waals surface area (Å²) in [6, 6.07) is 4.54. The second-order valence-corrected chi connectivity index (χ2v) is 4.57. The highest BCUT2D eigenvalue weighted by atomic mass is 19.4. The van der Waals surface area contributed by atoms with Crippen molar-refractivity contribution in [3.05, 3.63) is 42.1 Å². The Morgan fingerprint density at radius 1 is 1.00 bits per heavy atom. The SMILES string of the molecule is OB(O)c1ccnc(-c2cccc(OC(F)(F)F)c2)c1C(F)(F)F. The molecule has 0 unspecified atom stereocenters. The lowest BCUT2D eigenvalue weighted by Crippen LogP contribution is -2.37. The number of aromatic nitrogens is 1. The van der Waals surface area contributed by atoms with E-state index in [9.17, 15) is 26.3 Å². The normalized spacial score (nSPS) is 12.2. The minimum atomic E-state index is -5.01. The zero-order chi connectivity index (χ0) is 18.1. The lowest BCUT2D eigenvalue weighted by molar-refractivity contribution is -0.274. The highest BCUT2D eigenvalue weighted by Crippen LogP contribution is 2.36. The molecule has 2 rings (SSSR count). The third-order valence-corrected chi connectivity index (χ3v) is 2.89. The smallest absolute Gasteiger partial charge is 0.423 e. The van der Waals surface area contributed by atoms with Gasteiger partial charge in [0.2, 0.25) is 0 Å². The average molecular weight is 351 g/mol. The molecular weight excluding hydrogens is 343 g/mol. The number of halogens is 6. The molecule has 24 heavy (non-hydrogen) atoms. The van der Waals surface area contributed by atoms with Gasteiger partial charge >= 0.3 is 19.7 Å². The summed E-state index contributed by atoms with van der Waals surface area (Å²) >= 11 is 0. The summed E-state index contributed by atoms with van der Waals surface area (Å²) in [5, 5.41) is 18.2. The summed E-state index contributed by atoms with van der Waals surface area (Å²) in [6.45, 7) is 0. The van der Waals surface area contributed by atoms with Crippen LogP contribution in [0.2, 0.25) is 0 Å². The van der Waals surface area contributed by atoms with Crippen molar-refractivity contribution in [2.75, 3.05) is 0 Å².